The smallest absolute Gasteiger partial charge is 0.165 e. The van der Waals surface area contributed by atoms with E-state index in [1.54, 1.807) is 19.2 Å². The van der Waals surface area contributed by atoms with Crippen molar-refractivity contribution < 1.29 is 9.47 Å². The largest absolute Gasteiger partial charge is 0.493 e. The average Bonchev–Trinajstić information content (AvgIpc) is 2.30. The first-order chi connectivity index (χ1) is 7.72. The van der Waals surface area contributed by atoms with Crippen LogP contribution in [0.15, 0.2) is 12.1 Å². The number of methoxy groups -OCH3 is 1. The molecule has 16 heavy (non-hydrogen) atoms. The summed E-state index contributed by atoms with van der Waals surface area (Å²) in [5, 5.41) is 0.571. The Labute approximate surface area is 100 Å². The minimum Gasteiger partial charge on any atom is -0.493 e. The highest BCUT2D eigenvalue weighted by molar-refractivity contribution is 6.30. The van der Waals surface area contributed by atoms with Gasteiger partial charge in [0, 0.05) is 29.6 Å². The van der Waals surface area contributed by atoms with E-state index in [-0.39, 0.29) is 0 Å². The van der Waals surface area contributed by atoms with E-state index in [9.17, 15) is 0 Å². The first-order valence-corrected chi connectivity index (χ1v) is 5.23. The molecule has 0 bridgehead atoms. The Hall–Kier alpha value is -1.37. The lowest BCUT2D eigenvalue weighted by molar-refractivity contribution is 0.298. The minimum atomic E-state index is 0.336. The van der Waals surface area contributed by atoms with E-state index < -0.39 is 0 Å². The maximum absolute atomic E-state index is 5.92. The van der Waals surface area contributed by atoms with Gasteiger partial charge in [-0.3, -0.25) is 0 Å². The van der Waals surface area contributed by atoms with E-state index in [1.807, 2.05) is 0 Å². The van der Waals surface area contributed by atoms with Gasteiger partial charge in [0.1, 0.15) is 0 Å². The summed E-state index contributed by atoms with van der Waals surface area (Å²) in [5.74, 6) is 3.69. The highest BCUT2D eigenvalue weighted by Gasteiger charge is 2.11. The molecule has 1 aromatic carbocycles. The standard InChI is InChI=1S/C12H14ClNO2/c1-3-4-5-16-12-9(8-14)6-10(13)7-11(12)15-2/h1,6-7H,4-5,8,14H2,2H3. The Morgan fingerprint density at radius 1 is 1.50 bits per heavy atom. The topological polar surface area (TPSA) is 44.5 Å². The van der Waals surface area contributed by atoms with E-state index in [0.717, 1.165) is 5.56 Å². The molecule has 1 rings (SSSR count). The molecule has 3 nitrogen and oxygen atoms in total. The van der Waals surface area contributed by atoms with Crippen LogP contribution < -0.4 is 15.2 Å². The molecular formula is C12H14ClNO2. The zero-order valence-electron chi connectivity index (χ0n) is 9.13. The van der Waals surface area contributed by atoms with Crippen molar-refractivity contribution in [2.45, 2.75) is 13.0 Å². The van der Waals surface area contributed by atoms with Crippen LogP contribution in [0.1, 0.15) is 12.0 Å². The molecule has 0 fully saturated rings. The van der Waals surface area contributed by atoms with Crippen molar-refractivity contribution in [2.24, 2.45) is 5.73 Å². The van der Waals surface area contributed by atoms with Crippen molar-refractivity contribution in [1.29, 1.82) is 0 Å². The van der Waals surface area contributed by atoms with Gasteiger partial charge in [-0.1, -0.05) is 11.6 Å². The Morgan fingerprint density at radius 2 is 2.25 bits per heavy atom. The Morgan fingerprint density at radius 3 is 2.81 bits per heavy atom. The zero-order chi connectivity index (χ0) is 12.0. The van der Waals surface area contributed by atoms with Gasteiger partial charge in [-0.05, 0) is 6.07 Å². The van der Waals surface area contributed by atoms with Gasteiger partial charge >= 0.3 is 0 Å². The number of ether oxygens (including phenoxy) is 2. The van der Waals surface area contributed by atoms with Gasteiger partial charge in [-0.25, -0.2) is 0 Å². The van der Waals surface area contributed by atoms with E-state index >= 15 is 0 Å². The van der Waals surface area contributed by atoms with Gasteiger partial charge < -0.3 is 15.2 Å². The first-order valence-electron chi connectivity index (χ1n) is 4.85. The van der Waals surface area contributed by atoms with Crippen molar-refractivity contribution in [3.05, 3.63) is 22.7 Å². The summed E-state index contributed by atoms with van der Waals surface area (Å²) in [6.45, 7) is 0.768. The fourth-order valence-corrected chi connectivity index (χ4v) is 1.53. The van der Waals surface area contributed by atoms with Gasteiger partial charge in [0.2, 0.25) is 0 Å². The third-order valence-corrected chi connectivity index (χ3v) is 2.25. The average molecular weight is 240 g/mol. The van der Waals surface area contributed by atoms with Crippen LogP contribution in [0, 0.1) is 12.3 Å². The second kappa shape index (κ2) is 6.26. The highest BCUT2D eigenvalue weighted by Crippen LogP contribution is 2.34. The molecular weight excluding hydrogens is 226 g/mol. The molecule has 0 amide bonds. The van der Waals surface area contributed by atoms with Gasteiger partial charge in [-0.2, -0.15) is 0 Å². The molecule has 2 N–H and O–H groups in total. The summed E-state index contributed by atoms with van der Waals surface area (Å²) in [4.78, 5) is 0. The lowest BCUT2D eigenvalue weighted by atomic mass is 10.2. The zero-order valence-corrected chi connectivity index (χ0v) is 9.88. The van der Waals surface area contributed by atoms with E-state index in [1.165, 1.54) is 0 Å². The molecule has 0 aromatic heterocycles. The van der Waals surface area contributed by atoms with Crippen molar-refractivity contribution in [3.63, 3.8) is 0 Å². The quantitative estimate of drug-likeness (QED) is 0.633. The van der Waals surface area contributed by atoms with Crippen LogP contribution in [0.2, 0.25) is 5.02 Å². The van der Waals surface area contributed by atoms with Crippen LogP contribution in [0.3, 0.4) is 0 Å². The number of terminal acetylenes is 1. The fraction of sp³-hybridized carbons (Fsp3) is 0.333. The van der Waals surface area contributed by atoms with Crippen LogP contribution in [-0.2, 0) is 6.54 Å². The minimum absolute atomic E-state index is 0.336. The molecule has 0 spiro atoms. The Kier molecular flexibility index (Phi) is 4.97. The van der Waals surface area contributed by atoms with Crippen LogP contribution >= 0.6 is 11.6 Å². The van der Waals surface area contributed by atoms with Crippen LogP contribution in [-0.4, -0.2) is 13.7 Å². The number of benzene rings is 1. The van der Waals surface area contributed by atoms with Gasteiger partial charge in [0.15, 0.2) is 11.5 Å². The van der Waals surface area contributed by atoms with E-state index in [4.69, 9.17) is 33.2 Å². The lowest BCUT2D eigenvalue weighted by Crippen LogP contribution is -2.05. The molecule has 0 aliphatic rings. The van der Waals surface area contributed by atoms with Crippen molar-refractivity contribution in [1.82, 2.24) is 0 Å². The summed E-state index contributed by atoms with van der Waals surface area (Å²) in [5.41, 5.74) is 6.42. The van der Waals surface area contributed by atoms with Crippen molar-refractivity contribution in [2.75, 3.05) is 13.7 Å². The number of nitrogens with two attached hydrogens (primary N) is 1. The van der Waals surface area contributed by atoms with Gasteiger partial charge in [-0.15, -0.1) is 12.3 Å². The van der Waals surface area contributed by atoms with E-state index in [2.05, 4.69) is 5.92 Å². The van der Waals surface area contributed by atoms with Crippen molar-refractivity contribution >= 4 is 11.6 Å². The first kappa shape index (κ1) is 12.7. The van der Waals surface area contributed by atoms with Crippen LogP contribution in [0.4, 0.5) is 0 Å². The van der Waals surface area contributed by atoms with Crippen LogP contribution in [0.5, 0.6) is 11.5 Å². The van der Waals surface area contributed by atoms with Crippen molar-refractivity contribution in [3.8, 4) is 23.8 Å². The molecule has 0 saturated heterocycles. The normalized spacial score (nSPS) is 9.62. The summed E-state index contributed by atoms with van der Waals surface area (Å²) >= 11 is 5.92. The molecule has 0 unspecified atom stereocenters. The Bertz CT molecular complexity index is 373. The van der Waals surface area contributed by atoms with Gasteiger partial charge in [0.05, 0.1) is 13.7 Å². The predicted octanol–water partition coefficient (Wildman–Crippen LogP) is 2.21. The maximum atomic E-state index is 5.92. The molecule has 0 radical (unpaired) electrons. The molecule has 0 aliphatic carbocycles. The highest BCUT2D eigenvalue weighted by atomic mass is 35.5. The second-order valence-electron chi connectivity index (χ2n) is 3.10. The van der Waals surface area contributed by atoms with E-state index in [0.29, 0.717) is 36.1 Å². The number of hydrogen-bond acceptors (Lipinski definition) is 3. The summed E-state index contributed by atoms with van der Waals surface area (Å²) < 4.78 is 10.7. The third-order valence-electron chi connectivity index (χ3n) is 2.03. The van der Waals surface area contributed by atoms with Gasteiger partial charge in [0.25, 0.3) is 0 Å². The molecule has 1 aromatic rings. The number of rotatable bonds is 5. The molecule has 0 aliphatic heterocycles. The summed E-state index contributed by atoms with van der Waals surface area (Å²) in [6, 6.07) is 3.45. The Balaban J connectivity index is 2.98. The number of halogens is 1. The molecule has 86 valence electrons. The molecule has 0 saturated carbocycles. The fourth-order valence-electron chi connectivity index (χ4n) is 1.30. The summed E-state index contributed by atoms with van der Waals surface area (Å²) in [6.07, 6.45) is 5.69. The predicted molar refractivity (Wildman–Crippen MR) is 64.8 cm³/mol. The maximum Gasteiger partial charge on any atom is 0.165 e. The number of hydrogen-bond donors (Lipinski definition) is 1. The molecule has 4 heteroatoms. The molecule has 0 atom stereocenters. The lowest BCUT2D eigenvalue weighted by Gasteiger charge is -2.14. The monoisotopic (exact) mass is 239 g/mol. The van der Waals surface area contributed by atoms with Crippen LogP contribution in [0.25, 0.3) is 0 Å². The molecule has 0 heterocycles. The third kappa shape index (κ3) is 3.06. The SMILES string of the molecule is C#CCCOc1c(CN)cc(Cl)cc1OC. The second-order valence-corrected chi connectivity index (χ2v) is 3.54. The summed E-state index contributed by atoms with van der Waals surface area (Å²) in [7, 11) is 1.56.